The SMILES string of the molecule is COc1ccc2nc(NC(=O)c3cccc(Oc4nccs4)c3)sc2c1. The van der Waals surface area contributed by atoms with E-state index >= 15 is 0 Å². The first-order valence-corrected chi connectivity index (χ1v) is 9.34. The number of nitrogens with one attached hydrogen (secondary N) is 1. The number of ether oxygens (including phenoxy) is 2. The lowest BCUT2D eigenvalue weighted by Crippen LogP contribution is -2.11. The summed E-state index contributed by atoms with van der Waals surface area (Å²) in [7, 11) is 1.62. The molecule has 0 fully saturated rings. The molecule has 26 heavy (non-hydrogen) atoms. The van der Waals surface area contributed by atoms with E-state index in [9.17, 15) is 4.79 Å². The van der Waals surface area contributed by atoms with Gasteiger partial charge in [0, 0.05) is 17.1 Å². The maximum atomic E-state index is 12.5. The van der Waals surface area contributed by atoms with Crippen molar-refractivity contribution < 1.29 is 14.3 Å². The van der Waals surface area contributed by atoms with Crippen LogP contribution in [0.25, 0.3) is 10.2 Å². The van der Waals surface area contributed by atoms with Crippen molar-refractivity contribution in [2.45, 2.75) is 0 Å². The summed E-state index contributed by atoms with van der Waals surface area (Å²) < 4.78 is 11.8. The Bertz CT molecular complexity index is 1060. The van der Waals surface area contributed by atoms with Gasteiger partial charge < -0.3 is 9.47 Å². The van der Waals surface area contributed by atoms with Gasteiger partial charge in [-0.05, 0) is 36.4 Å². The Morgan fingerprint density at radius 3 is 2.88 bits per heavy atom. The maximum absolute atomic E-state index is 12.5. The molecule has 2 heterocycles. The number of carbonyl (C=O) groups excluding carboxylic acids is 1. The lowest BCUT2D eigenvalue weighted by molar-refractivity contribution is 0.102. The Morgan fingerprint density at radius 2 is 2.08 bits per heavy atom. The number of rotatable bonds is 5. The molecule has 0 unspecified atom stereocenters. The van der Waals surface area contributed by atoms with E-state index in [1.54, 1.807) is 37.6 Å². The molecule has 4 aromatic rings. The Hall–Kier alpha value is -2.97. The van der Waals surface area contributed by atoms with Gasteiger partial charge in [-0.25, -0.2) is 9.97 Å². The monoisotopic (exact) mass is 383 g/mol. The first-order valence-electron chi connectivity index (χ1n) is 7.64. The smallest absolute Gasteiger partial charge is 0.278 e. The predicted octanol–water partition coefficient (Wildman–Crippen LogP) is 4.81. The molecule has 1 amide bonds. The summed E-state index contributed by atoms with van der Waals surface area (Å²) in [5.41, 5.74) is 1.29. The zero-order chi connectivity index (χ0) is 17.9. The molecule has 1 N–H and O–H groups in total. The summed E-state index contributed by atoms with van der Waals surface area (Å²) in [6.07, 6.45) is 1.67. The predicted molar refractivity (Wildman–Crippen MR) is 103 cm³/mol. The highest BCUT2D eigenvalue weighted by Gasteiger charge is 2.12. The number of carbonyl (C=O) groups is 1. The Kier molecular flexibility index (Phi) is 4.51. The van der Waals surface area contributed by atoms with Crippen LogP contribution >= 0.6 is 22.7 Å². The van der Waals surface area contributed by atoms with Gasteiger partial charge in [0.1, 0.15) is 11.5 Å². The van der Waals surface area contributed by atoms with Crippen LogP contribution < -0.4 is 14.8 Å². The first-order chi connectivity index (χ1) is 12.7. The largest absolute Gasteiger partial charge is 0.497 e. The fraction of sp³-hybridized carbons (Fsp3) is 0.0556. The fourth-order valence-electron chi connectivity index (χ4n) is 2.32. The van der Waals surface area contributed by atoms with Crippen LogP contribution in [0, 0.1) is 0 Å². The van der Waals surface area contributed by atoms with Crippen molar-refractivity contribution in [2.24, 2.45) is 0 Å². The van der Waals surface area contributed by atoms with Crippen LogP contribution in [0.5, 0.6) is 16.7 Å². The average Bonchev–Trinajstić information content (AvgIpc) is 3.30. The maximum Gasteiger partial charge on any atom is 0.278 e. The average molecular weight is 383 g/mol. The van der Waals surface area contributed by atoms with Gasteiger partial charge in [-0.3, -0.25) is 10.1 Å². The van der Waals surface area contributed by atoms with Gasteiger partial charge in [-0.2, -0.15) is 0 Å². The van der Waals surface area contributed by atoms with Crippen molar-refractivity contribution in [3.8, 4) is 16.7 Å². The second-order valence-corrected chi connectivity index (χ2v) is 7.12. The number of hydrogen-bond donors (Lipinski definition) is 1. The van der Waals surface area contributed by atoms with Crippen molar-refractivity contribution >= 4 is 43.9 Å². The normalized spacial score (nSPS) is 10.7. The number of aromatic nitrogens is 2. The van der Waals surface area contributed by atoms with Crippen LogP contribution in [0.1, 0.15) is 10.4 Å². The van der Waals surface area contributed by atoms with Gasteiger partial charge in [0.05, 0.1) is 17.3 Å². The van der Waals surface area contributed by atoms with E-state index in [-0.39, 0.29) is 5.91 Å². The number of anilines is 1. The molecule has 0 aliphatic carbocycles. The van der Waals surface area contributed by atoms with Crippen LogP contribution in [0.2, 0.25) is 0 Å². The minimum atomic E-state index is -0.249. The molecule has 2 aromatic heterocycles. The molecule has 0 spiro atoms. The van der Waals surface area contributed by atoms with Crippen molar-refractivity contribution in [2.75, 3.05) is 12.4 Å². The van der Waals surface area contributed by atoms with Gasteiger partial charge in [0.2, 0.25) is 0 Å². The van der Waals surface area contributed by atoms with Crippen molar-refractivity contribution in [3.05, 3.63) is 59.6 Å². The molecule has 0 bridgehead atoms. The molecular weight excluding hydrogens is 370 g/mol. The van der Waals surface area contributed by atoms with Crippen LogP contribution in [0.15, 0.2) is 54.0 Å². The molecular formula is C18H13N3O3S2. The summed E-state index contributed by atoms with van der Waals surface area (Å²) in [6.45, 7) is 0. The Balaban J connectivity index is 1.52. The molecule has 2 aromatic carbocycles. The molecule has 0 atom stereocenters. The van der Waals surface area contributed by atoms with E-state index in [2.05, 4.69) is 15.3 Å². The number of fused-ring (bicyclic) bond motifs is 1. The van der Waals surface area contributed by atoms with E-state index in [1.807, 2.05) is 23.6 Å². The van der Waals surface area contributed by atoms with Crippen molar-refractivity contribution in [1.82, 2.24) is 9.97 Å². The standard InChI is InChI=1S/C18H13N3O3S2/c1-23-12-5-6-14-15(10-12)26-17(20-14)21-16(22)11-3-2-4-13(9-11)24-18-19-7-8-25-18/h2-10H,1H3,(H,20,21,22). The Labute approximate surface area is 157 Å². The highest BCUT2D eigenvalue weighted by atomic mass is 32.1. The van der Waals surface area contributed by atoms with E-state index in [1.165, 1.54) is 22.7 Å². The minimum absolute atomic E-state index is 0.249. The highest BCUT2D eigenvalue weighted by molar-refractivity contribution is 7.22. The number of nitrogens with zero attached hydrogens (tertiary/aromatic N) is 2. The molecule has 0 aliphatic rings. The molecule has 0 radical (unpaired) electrons. The molecule has 6 nitrogen and oxygen atoms in total. The zero-order valence-electron chi connectivity index (χ0n) is 13.6. The number of thiazole rings is 2. The summed E-state index contributed by atoms with van der Waals surface area (Å²) in [5, 5.41) is 5.72. The number of methoxy groups -OCH3 is 1. The van der Waals surface area contributed by atoms with E-state index in [0.29, 0.717) is 21.6 Å². The van der Waals surface area contributed by atoms with Gasteiger partial charge in [0.15, 0.2) is 5.13 Å². The van der Waals surface area contributed by atoms with E-state index in [4.69, 9.17) is 9.47 Å². The highest BCUT2D eigenvalue weighted by Crippen LogP contribution is 2.30. The van der Waals surface area contributed by atoms with Crippen LogP contribution in [0.4, 0.5) is 5.13 Å². The third kappa shape index (κ3) is 3.51. The van der Waals surface area contributed by atoms with Crippen molar-refractivity contribution in [3.63, 3.8) is 0 Å². The number of hydrogen-bond acceptors (Lipinski definition) is 7. The second kappa shape index (κ2) is 7.11. The molecule has 130 valence electrons. The fourth-order valence-corrected chi connectivity index (χ4v) is 3.71. The van der Waals surface area contributed by atoms with Crippen LogP contribution in [0.3, 0.4) is 0 Å². The molecule has 4 rings (SSSR count). The third-order valence-corrected chi connectivity index (χ3v) is 5.11. The Morgan fingerprint density at radius 1 is 1.15 bits per heavy atom. The summed E-state index contributed by atoms with van der Waals surface area (Å²) in [6, 6.07) is 12.5. The molecule has 0 aliphatic heterocycles. The van der Waals surface area contributed by atoms with Crippen molar-refractivity contribution in [1.29, 1.82) is 0 Å². The molecule has 0 saturated carbocycles. The van der Waals surface area contributed by atoms with E-state index < -0.39 is 0 Å². The number of benzene rings is 2. The topological polar surface area (TPSA) is 73.3 Å². The lowest BCUT2D eigenvalue weighted by Gasteiger charge is -2.05. The van der Waals surface area contributed by atoms with E-state index in [0.717, 1.165) is 16.0 Å². The lowest BCUT2D eigenvalue weighted by atomic mass is 10.2. The van der Waals surface area contributed by atoms with Gasteiger partial charge in [-0.1, -0.05) is 28.7 Å². The van der Waals surface area contributed by atoms with Crippen LogP contribution in [-0.2, 0) is 0 Å². The van der Waals surface area contributed by atoms with Gasteiger partial charge in [0.25, 0.3) is 11.1 Å². The summed E-state index contributed by atoms with van der Waals surface area (Å²) in [4.78, 5) is 21.0. The summed E-state index contributed by atoms with van der Waals surface area (Å²) >= 11 is 2.78. The molecule has 0 saturated heterocycles. The van der Waals surface area contributed by atoms with Gasteiger partial charge >= 0.3 is 0 Å². The minimum Gasteiger partial charge on any atom is -0.497 e. The number of amides is 1. The second-order valence-electron chi connectivity index (χ2n) is 5.23. The quantitative estimate of drug-likeness (QED) is 0.536. The third-order valence-electron chi connectivity index (χ3n) is 3.53. The molecule has 8 heteroatoms. The first kappa shape index (κ1) is 16.5. The van der Waals surface area contributed by atoms with Crippen LogP contribution in [-0.4, -0.2) is 23.0 Å². The zero-order valence-corrected chi connectivity index (χ0v) is 15.3. The van der Waals surface area contributed by atoms with Gasteiger partial charge in [-0.15, -0.1) is 0 Å². The summed E-state index contributed by atoms with van der Waals surface area (Å²) in [5.74, 6) is 1.06.